The molecule has 0 N–H and O–H groups in total. The molecule has 1 aromatic heterocycles. The molecular weight excluding hydrogens is 292 g/mol. The Morgan fingerprint density at radius 2 is 2.05 bits per heavy atom. The van der Waals surface area contributed by atoms with Crippen molar-refractivity contribution in [1.29, 1.82) is 0 Å². The lowest BCUT2D eigenvalue weighted by Crippen LogP contribution is -2.37. The van der Waals surface area contributed by atoms with Crippen LogP contribution in [0, 0.1) is 5.92 Å². The number of halogens is 1. The van der Waals surface area contributed by atoms with Crippen molar-refractivity contribution in [3.05, 3.63) is 22.8 Å². The topological polar surface area (TPSA) is 25.4 Å². The molecule has 112 valence electrons. The fourth-order valence-electron chi connectivity index (χ4n) is 2.60. The molecule has 0 aliphatic carbocycles. The number of methoxy groups -OCH3 is 1. The van der Waals surface area contributed by atoms with Gasteiger partial charge in [-0.2, -0.15) is 11.8 Å². The van der Waals surface area contributed by atoms with Crippen molar-refractivity contribution in [3.63, 3.8) is 0 Å². The molecule has 1 unspecified atom stereocenters. The fourth-order valence-corrected chi connectivity index (χ4v) is 3.72. The zero-order valence-corrected chi connectivity index (χ0v) is 14.0. The van der Waals surface area contributed by atoms with Crippen molar-refractivity contribution in [2.24, 2.45) is 5.92 Å². The van der Waals surface area contributed by atoms with Crippen LogP contribution in [0.15, 0.2) is 12.1 Å². The number of thioether (sulfide) groups is 1. The summed E-state index contributed by atoms with van der Waals surface area (Å²) in [5.74, 6) is 4.11. The SMILES string of the molecule is COc1nc(Cl)ccc1C(CN1CCSCC1)C(C)C. The average Bonchev–Trinajstić information content (AvgIpc) is 2.46. The molecule has 1 saturated heterocycles. The number of hydrogen-bond donors (Lipinski definition) is 0. The van der Waals surface area contributed by atoms with Gasteiger partial charge in [0.25, 0.3) is 0 Å². The molecule has 2 rings (SSSR count). The van der Waals surface area contributed by atoms with E-state index in [0.29, 0.717) is 22.9 Å². The Labute approximate surface area is 131 Å². The Morgan fingerprint density at radius 3 is 2.65 bits per heavy atom. The zero-order chi connectivity index (χ0) is 14.5. The number of rotatable bonds is 5. The third-order valence-electron chi connectivity index (χ3n) is 3.81. The van der Waals surface area contributed by atoms with Gasteiger partial charge in [-0.25, -0.2) is 4.98 Å². The highest BCUT2D eigenvalue weighted by atomic mass is 35.5. The molecule has 1 aromatic rings. The molecular formula is C15H23ClN2OS. The first-order chi connectivity index (χ1) is 9.61. The highest BCUT2D eigenvalue weighted by Crippen LogP contribution is 2.33. The maximum Gasteiger partial charge on any atom is 0.218 e. The van der Waals surface area contributed by atoms with E-state index in [4.69, 9.17) is 16.3 Å². The summed E-state index contributed by atoms with van der Waals surface area (Å²) in [7, 11) is 1.66. The number of ether oxygens (including phenoxy) is 1. The summed E-state index contributed by atoms with van der Waals surface area (Å²) in [5, 5.41) is 0.488. The first kappa shape index (κ1) is 15.9. The lowest BCUT2D eigenvalue weighted by atomic mass is 9.88. The largest absolute Gasteiger partial charge is 0.481 e. The summed E-state index contributed by atoms with van der Waals surface area (Å²) < 4.78 is 5.43. The van der Waals surface area contributed by atoms with Crippen molar-refractivity contribution in [2.45, 2.75) is 19.8 Å². The third kappa shape index (κ3) is 4.03. The predicted molar refractivity (Wildman–Crippen MR) is 87.1 cm³/mol. The van der Waals surface area contributed by atoms with Crippen LogP contribution in [0.2, 0.25) is 5.15 Å². The van der Waals surface area contributed by atoms with Crippen molar-refractivity contribution in [2.75, 3.05) is 38.2 Å². The summed E-state index contributed by atoms with van der Waals surface area (Å²) in [6, 6.07) is 3.93. The summed E-state index contributed by atoms with van der Waals surface area (Å²) in [6.07, 6.45) is 0. The van der Waals surface area contributed by atoms with Crippen LogP contribution in [0.5, 0.6) is 5.88 Å². The smallest absolute Gasteiger partial charge is 0.218 e. The number of nitrogens with zero attached hydrogens (tertiary/aromatic N) is 2. The van der Waals surface area contributed by atoms with Gasteiger partial charge < -0.3 is 9.64 Å². The van der Waals surface area contributed by atoms with Gasteiger partial charge in [-0.1, -0.05) is 31.5 Å². The molecule has 1 aliphatic heterocycles. The van der Waals surface area contributed by atoms with Gasteiger partial charge in [0.15, 0.2) is 0 Å². The Bertz CT molecular complexity index is 436. The van der Waals surface area contributed by atoms with Crippen LogP contribution < -0.4 is 4.74 Å². The fraction of sp³-hybridized carbons (Fsp3) is 0.667. The Hall–Kier alpha value is -0.450. The Morgan fingerprint density at radius 1 is 1.35 bits per heavy atom. The summed E-state index contributed by atoms with van der Waals surface area (Å²) in [5.41, 5.74) is 1.17. The quantitative estimate of drug-likeness (QED) is 0.776. The lowest BCUT2D eigenvalue weighted by molar-refractivity contribution is 0.254. The molecule has 0 radical (unpaired) electrons. The van der Waals surface area contributed by atoms with Gasteiger partial charge in [0.2, 0.25) is 5.88 Å². The first-order valence-electron chi connectivity index (χ1n) is 7.12. The van der Waals surface area contributed by atoms with Gasteiger partial charge in [-0.3, -0.25) is 0 Å². The Kier molecular flexibility index (Phi) is 6.00. The van der Waals surface area contributed by atoms with Crippen LogP contribution >= 0.6 is 23.4 Å². The van der Waals surface area contributed by atoms with E-state index in [-0.39, 0.29) is 0 Å². The first-order valence-corrected chi connectivity index (χ1v) is 8.65. The van der Waals surface area contributed by atoms with Gasteiger partial charge in [-0.05, 0) is 12.0 Å². The van der Waals surface area contributed by atoms with E-state index < -0.39 is 0 Å². The lowest BCUT2D eigenvalue weighted by Gasteiger charge is -2.32. The van der Waals surface area contributed by atoms with Crippen LogP contribution in [-0.2, 0) is 0 Å². The highest BCUT2D eigenvalue weighted by Gasteiger charge is 2.24. The molecule has 0 aromatic carbocycles. The van der Waals surface area contributed by atoms with E-state index in [9.17, 15) is 0 Å². The number of pyridine rings is 1. The van der Waals surface area contributed by atoms with E-state index in [1.54, 1.807) is 7.11 Å². The van der Waals surface area contributed by atoms with Crippen molar-refractivity contribution < 1.29 is 4.74 Å². The van der Waals surface area contributed by atoms with Crippen LogP contribution in [0.3, 0.4) is 0 Å². The Balaban J connectivity index is 2.19. The summed E-state index contributed by atoms with van der Waals surface area (Å²) in [4.78, 5) is 6.86. The maximum absolute atomic E-state index is 5.97. The van der Waals surface area contributed by atoms with Crippen molar-refractivity contribution in [3.8, 4) is 5.88 Å². The molecule has 1 fully saturated rings. The van der Waals surface area contributed by atoms with E-state index in [1.807, 2.05) is 17.8 Å². The van der Waals surface area contributed by atoms with Crippen molar-refractivity contribution >= 4 is 23.4 Å². The van der Waals surface area contributed by atoms with Gasteiger partial charge in [0, 0.05) is 42.6 Å². The van der Waals surface area contributed by atoms with Crippen LogP contribution in [0.25, 0.3) is 0 Å². The van der Waals surface area contributed by atoms with Crippen LogP contribution in [0.1, 0.15) is 25.3 Å². The van der Waals surface area contributed by atoms with E-state index in [1.165, 1.54) is 30.2 Å². The van der Waals surface area contributed by atoms with Gasteiger partial charge in [0.05, 0.1) is 7.11 Å². The number of hydrogen-bond acceptors (Lipinski definition) is 4. The molecule has 0 bridgehead atoms. The van der Waals surface area contributed by atoms with Crippen molar-refractivity contribution in [1.82, 2.24) is 9.88 Å². The molecule has 0 spiro atoms. The molecule has 2 heterocycles. The minimum absolute atomic E-state index is 0.429. The standard InChI is InChI=1S/C15H23ClN2OS/c1-11(2)13(10-18-6-8-20-9-7-18)12-4-5-14(16)17-15(12)19-3/h4-5,11,13H,6-10H2,1-3H3. The molecule has 1 atom stereocenters. The second kappa shape index (κ2) is 7.53. The molecule has 0 saturated carbocycles. The van der Waals surface area contributed by atoms with Crippen LogP contribution in [0.4, 0.5) is 0 Å². The minimum Gasteiger partial charge on any atom is -0.481 e. The highest BCUT2D eigenvalue weighted by molar-refractivity contribution is 7.99. The van der Waals surface area contributed by atoms with Gasteiger partial charge >= 0.3 is 0 Å². The van der Waals surface area contributed by atoms with E-state index in [2.05, 4.69) is 29.8 Å². The van der Waals surface area contributed by atoms with Crippen LogP contribution in [-0.4, -0.2) is 48.1 Å². The van der Waals surface area contributed by atoms with E-state index >= 15 is 0 Å². The molecule has 20 heavy (non-hydrogen) atoms. The van der Waals surface area contributed by atoms with Gasteiger partial charge in [0.1, 0.15) is 5.15 Å². The molecule has 0 amide bonds. The molecule has 3 nitrogen and oxygen atoms in total. The minimum atomic E-state index is 0.429. The molecule has 5 heteroatoms. The number of aromatic nitrogens is 1. The molecule has 1 aliphatic rings. The third-order valence-corrected chi connectivity index (χ3v) is 4.96. The van der Waals surface area contributed by atoms with Gasteiger partial charge in [-0.15, -0.1) is 0 Å². The van der Waals surface area contributed by atoms with E-state index in [0.717, 1.165) is 6.54 Å². The monoisotopic (exact) mass is 314 g/mol. The zero-order valence-electron chi connectivity index (χ0n) is 12.4. The second-order valence-corrected chi connectivity index (χ2v) is 7.11. The summed E-state index contributed by atoms with van der Waals surface area (Å²) >= 11 is 8.01. The summed E-state index contributed by atoms with van der Waals surface area (Å²) in [6.45, 7) is 7.95. The normalized spacial score (nSPS) is 18.2. The average molecular weight is 315 g/mol. The second-order valence-electron chi connectivity index (χ2n) is 5.50. The maximum atomic E-state index is 5.97. The predicted octanol–water partition coefficient (Wildman–Crippen LogP) is 3.53.